The number of hydrogen-bond acceptors (Lipinski definition) is 3. The maximum atomic E-state index is 12.1. The average Bonchev–Trinajstić information content (AvgIpc) is 2.48. The minimum atomic E-state index is -0.984. The molecule has 0 saturated carbocycles. The monoisotopic (exact) mass is 349 g/mol. The number of halogens is 2. The normalized spacial score (nSPS) is 10.7. The number of anilines is 1. The first-order valence-electron chi connectivity index (χ1n) is 6.65. The molecule has 0 radical (unpaired) electrons. The van der Waals surface area contributed by atoms with E-state index in [1.807, 2.05) is 0 Å². The summed E-state index contributed by atoms with van der Waals surface area (Å²) >= 11 is 11.8. The van der Waals surface area contributed by atoms with Crippen molar-refractivity contribution in [2.75, 3.05) is 5.32 Å². The number of rotatable bonds is 5. The number of allylic oxidation sites excluding steroid dienone is 1. The van der Waals surface area contributed by atoms with Gasteiger partial charge in [0, 0.05) is 28.5 Å². The third-order valence-electron chi connectivity index (χ3n) is 3.14. The first-order chi connectivity index (χ1) is 10.9. The fraction of sp³-hybridized carbons (Fsp3) is 0.0588. The molecule has 2 N–H and O–H groups in total. The van der Waals surface area contributed by atoms with Gasteiger partial charge in [0.2, 0.25) is 0 Å². The van der Waals surface area contributed by atoms with Gasteiger partial charge in [0.15, 0.2) is 5.78 Å². The van der Waals surface area contributed by atoms with Crippen molar-refractivity contribution in [3.05, 3.63) is 75.4 Å². The van der Waals surface area contributed by atoms with Crippen molar-refractivity contribution in [3.8, 4) is 0 Å². The number of ketones is 1. The van der Waals surface area contributed by atoms with Gasteiger partial charge in [-0.25, -0.2) is 4.79 Å². The Morgan fingerprint density at radius 1 is 1.13 bits per heavy atom. The summed E-state index contributed by atoms with van der Waals surface area (Å²) in [6, 6.07) is 9.34. The Balaban J connectivity index is 2.09. The standard InChI is InChI=1S/C17H13Cl2NO3/c1-10-8-11(17(22)23)2-5-15(10)20-7-6-16(21)13-4-3-12(18)9-14(13)19/h2-9,20H,1H3,(H,22,23)/b7-6+. The van der Waals surface area contributed by atoms with Crippen LogP contribution >= 0.6 is 23.2 Å². The highest BCUT2D eigenvalue weighted by atomic mass is 35.5. The minimum absolute atomic E-state index is 0.209. The Morgan fingerprint density at radius 3 is 2.48 bits per heavy atom. The van der Waals surface area contributed by atoms with Gasteiger partial charge in [-0.05, 0) is 48.9 Å². The topological polar surface area (TPSA) is 66.4 Å². The molecule has 0 amide bonds. The number of aromatic carboxylic acids is 1. The summed E-state index contributed by atoms with van der Waals surface area (Å²) in [4.78, 5) is 22.9. The molecule has 0 saturated heterocycles. The second kappa shape index (κ2) is 7.31. The summed E-state index contributed by atoms with van der Waals surface area (Å²) in [6.07, 6.45) is 2.83. The van der Waals surface area contributed by atoms with E-state index in [1.165, 1.54) is 24.4 Å². The van der Waals surface area contributed by atoms with Crippen LogP contribution in [0.2, 0.25) is 10.0 Å². The van der Waals surface area contributed by atoms with Crippen LogP contribution in [0.4, 0.5) is 5.69 Å². The quantitative estimate of drug-likeness (QED) is 0.600. The molecule has 23 heavy (non-hydrogen) atoms. The Labute approximate surface area is 143 Å². The number of benzene rings is 2. The molecule has 0 aliphatic rings. The van der Waals surface area contributed by atoms with Crippen LogP contribution in [0.25, 0.3) is 0 Å². The maximum absolute atomic E-state index is 12.1. The lowest BCUT2D eigenvalue weighted by Gasteiger charge is -2.06. The summed E-state index contributed by atoms with van der Waals surface area (Å²) in [5, 5.41) is 12.6. The Kier molecular flexibility index (Phi) is 5.42. The van der Waals surface area contributed by atoms with E-state index in [1.54, 1.807) is 31.2 Å². The van der Waals surface area contributed by atoms with E-state index in [2.05, 4.69) is 5.32 Å². The van der Waals surface area contributed by atoms with Crippen molar-refractivity contribution < 1.29 is 14.7 Å². The first-order valence-corrected chi connectivity index (χ1v) is 7.40. The minimum Gasteiger partial charge on any atom is -0.478 e. The lowest BCUT2D eigenvalue weighted by atomic mass is 10.1. The molecule has 0 aromatic heterocycles. The zero-order valence-electron chi connectivity index (χ0n) is 12.1. The van der Waals surface area contributed by atoms with E-state index in [4.69, 9.17) is 28.3 Å². The second-order valence-electron chi connectivity index (χ2n) is 4.80. The molecule has 0 spiro atoms. The summed E-state index contributed by atoms with van der Waals surface area (Å²) in [7, 11) is 0. The summed E-state index contributed by atoms with van der Waals surface area (Å²) in [5.74, 6) is -1.25. The zero-order valence-corrected chi connectivity index (χ0v) is 13.7. The largest absolute Gasteiger partial charge is 0.478 e. The number of nitrogens with one attached hydrogen (secondary N) is 1. The maximum Gasteiger partial charge on any atom is 0.335 e. The number of hydrogen-bond donors (Lipinski definition) is 2. The molecule has 118 valence electrons. The highest BCUT2D eigenvalue weighted by Gasteiger charge is 2.08. The zero-order chi connectivity index (χ0) is 17.0. The number of carbonyl (C=O) groups excluding carboxylic acids is 1. The number of carbonyl (C=O) groups is 2. The smallest absolute Gasteiger partial charge is 0.335 e. The molecule has 2 aromatic rings. The number of aryl methyl sites for hydroxylation is 1. The van der Waals surface area contributed by atoms with Crippen molar-refractivity contribution in [1.29, 1.82) is 0 Å². The van der Waals surface area contributed by atoms with Gasteiger partial charge in [0.25, 0.3) is 0 Å². The van der Waals surface area contributed by atoms with E-state index in [9.17, 15) is 9.59 Å². The van der Waals surface area contributed by atoms with Crippen LogP contribution in [0.3, 0.4) is 0 Å². The van der Waals surface area contributed by atoms with Gasteiger partial charge < -0.3 is 10.4 Å². The van der Waals surface area contributed by atoms with Crippen molar-refractivity contribution in [2.45, 2.75) is 6.92 Å². The SMILES string of the molecule is Cc1cc(C(=O)O)ccc1N/C=C/C(=O)c1ccc(Cl)cc1Cl. The summed E-state index contributed by atoms with van der Waals surface area (Å²) in [5.41, 5.74) is 2.03. The van der Waals surface area contributed by atoms with Crippen LogP contribution in [0, 0.1) is 6.92 Å². The van der Waals surface area contributed by atoms with Gasteiger partial charge in [-0.2, -0.15) is 0 Å². The summed E-state index contributed by atoms with van der Waals surface area (Å²) in [6.45, 7) is 1.78. The van der Waals surface area contributed by atoms with E-state index >= 15 is 0 Å². The predicted octanol–water partition coefficient (Wildman–Crippen LogP) is 4.81. The fourth-order valence-electron chi connectivity index (χ4n) is 1.94. The van der Waals surface area contributed by atoms with Crippen LogP contribution in [0.1, 0.15) is 26.3 Å². The van der Waals surface area contributed by atoms with Gasteiger partial charge in [-0.1, -0.05) is 23.2 Å². The van der Waals surface area contributed by atoms with Crippen molar-refractivity contribution >= 4 is 40.6 Å². The molecule has 0 aliphatic heterocycles. The molecule has 0 bridgehead atoms. The lowest BCUT2D eigenvalue weighted by Crippen LogP contribution is -2.00. The number of carboxylic acid groups (broad SMARTS) is 1. The first kappa shape index (κ1) is 17.1. The third-order valence-corrected chi connectivity index (χ3v) is 3.69. The van der Waals surface area contributed by atoms with Crippen LogP contribution < -0.4 is 5.32 Å². The van der Waals surface area contributed by atoms with E-state index in [0.29, 0.717) is 16.3 Å². The van der Waals surface area contributed by atoms with Gasteiger partial charge in [0.05, 0.1) is 10.6 Å². The number of carboxylic acids is 1. The molecule has 2 rings (SSSR count). The highest BCUT2D eigenvalue weighted by molar-refractivity contribution is 6.37. The van der Waals surface area contributed by atoms with E-state index in [0.717, 1.165) is 5.56 Å². The predicted molar refractivity (Wildman–Crippen MR) is 91.7 cm³/mol. The fourth-order valence-corrected chi connectivity index (χ4v) is 2.45. The molecule has 0 aliphatic carbocycles. The van der Waals surface area contributed by atoms with Crippen molar-refractivity contribution in [2.24, 2.45) is 0 Å². The van der Waals surface area contributed by atoms with Crippen LogP contribution in [0.5, 0.6) is 0 Å². The molecule has 0 atom stereocenters. The van der Waals surface area contributed by atoms with Crippen LogP contribution in [-0.4, -0.2) is 16.9 Å². The Hall–Kier alpha value is -2.30. The van der Waals surface area contributed by atoms with Gasteiger partial charge in [0.1, 0.15) is 0 Å². The van der Waals surface area contributed by atoms with Gasteiger partial charge in [-0.3, -0.25) is 4.79 Å². The molecule has 2 aromatic carbocycles. The van der Waals surface area contributed by atoms with Crippen molar-refractivity contribution in [1.82, 2.24) is 0 Å². The lowest BCUT2D eigenvalue weighted by molar-refractivity contribution is 0.0696. The van der Waals surface area contributed by atoms with Crippen LogP contribution in [-0.2, 0) is 0 Å². The van der Waals surface area contributed by atoms with E-state index < -0.39 is 5.97 Å². The molecular weight excluding hydrogens is 337 g/mol. The molecule has 0 heterocycles. The van der Waals surface area contributed by atoms with E-state index in [-0.39, 0.29) is 16.4 Å². The molecule has 0 fully saturated rings. The summed E-state index contributed by atoms with van der Waals surface area (Å²) < 4.78 is 0. The van der Waals surface area contributed by atoms with Crippen LogP contribution in [0.15, 0.2) is 48.7 Å². The van der Waals surface area contributed by atoms with Gasteiger partial charge >= 0.3 is 5.97 Å². The van der Waals surface area contributed by atoms with Gasteiger partial charge in [-0.15, -0.1) is 0 Å². The molecule has 4 nitrogen and oxygen atoms in total. The molecule has 0 unspecified atom stereocenters. The Bertz CT molecular complexity index is 800. The molecular formula is C17H13Cl2NO3. The highest BCUT2D eigenvalue weighted by Crippen LogP contribution is 2.22. The van der Waals surface area contributed by atoms with Crippen molar-refractivity contribution in [3.63, 3.8) is 0 Å². The average molecular weight is 350 g/mol. The third kappa shape index (κ3) is 4.34. The second-order valence-corrected chi connectivity index (χ2v) is 5.64. The Morgan fingerprint density at radius 2 is 1.87 bits per heavy atom. The molecule has 6 heteroatoms.